The fourth-order valence-electron chi connectivity index (χ4n) is 0.678. The molecule has 0 aromatic heterocycles. The Hall–Kier alpha value is -0.660. The van der Waals surface area contributed by atoms with Gasteiger partial charge in [0, 0.05) is 0 Å². The summed E-state index contributed by atoms with van der Waals surface area (Å²) in [6, 6.07) is 1.50. The van der Waals surface area contributed by atoms with Crippen LogP contribution in [0.2, 0.25) is 20.1 Å². The Morgan fingerprint density at radius 3 is 2.06 bits per heavy atom. The zero-order chi connectivity index (χ0) is 12.9. The molecular formula is C6H5Cl4N3O3. The molecule has 0 aliphatic heterocycles. The highest BCUT2D eigenvalue weighted by atomic mass is 35.5. The van der Waals surface area contributed by atoms with Crippen molar-refractivity contribution in [3.05, 3.63) is 36.3 Å². The maximum atomic E-state index is 8.36. The first-order valence-electron chi connectivity index (χ1n) is 3.44. The minimum atomic E-state index is -1.50. The van der Waals surface area contributed by atoms with Gasteiger partial charge in [0.25, 0.3) is 5.09 Å². The lowest BCUT2D eigenvalue weighted by atomic mass is 10.3. The number of hydrogen-bond donors (Lipinski definition) is 3. The van der Waals surface area contributed by atoms with Gasteiger partial charge < -0.3 is 10.6 Å². The summed E-state index contributed by atoms with van der Waals surface area (Å²) in [7, 11) is 0. The number of halogens is 4. The van der Waals surface area contributed by atoms with Crippen molar-refractivity contribution in [3.8, 4) is 0 Å². The van der Waals surface area contributed by atoms with Crippen LogP contribution < -0.4 is 11.3 Å². The molecule has 90 valence electrons. The standard InChI is InChI=1S/C6H4Cl4N2.HNO3/c7-2-1-3(12-11)5(9)6(10)4(2)8;2-1(3)4/h1,12H,11H2;(H,2,3,4). The van der Waals surface area contributed by atoms with Crippen LogP contribution in [-0.2, 0) is 0 Å². The Kier molecular flexibility index (Phi) is 6.54. The van der Waals surface area contributed by atoms with Gasteiger partial charge in [0.05, 0.1) is 25.8 Å². The first kappa shape index (κ1) is 15.3. The van der Waals surface area contributed by atoms with E-state index in [1.165, 1.54) is 6.07 Å². The summed E-state index contributed by atoms with van der Waals surface area (Å²) in [5, 5.41) is 14.6. The highest BCUT2D eigenvalue weighted by Gasteiger charge is 2.11. The average molecular weight is 309 g/mol. The van der Waals surface area contributed by atoms with Crippen molar-refractivity contribution in [2.24, 2.45) is 5.84 Å². The SMILES string of the molecule is NNc1cc(Cl)c(Cl)c(Cl)c1Cl.O=[N+]([O-])O. The molecule has 0 unspecified atom stereocenters. The lowest BCUT2D eigenvalue weighted by molar-refractivity contribution is -0.742. The normalized spacial score (nSPS) is 9.06. The van der Waals surface area contributed by atoms with Crippen molar-refractivity contribution in [1.29, 1.82) is 0 Å². The van der Waals surface area contributed by atoms with Crippen LogP contribution in [0.3, 0.4) is 0 Å². The maximum absolute atomic E-state index is 8.36. The zero-order valence-corrected chi connectivity index (χ0v) is 10.4. The highest BCUT2D eigenvalue weighted by molar-refractivity contribution is 6.52. The number of anilines is 1. The van der Waals surface area contributed by atoms with Crippen LogP contribution in [0.5, 0.6) is 0 Å². The first-order valence-corrected chi connectivity index (χ1v) is 4.95. The molecule has 1 rings (SSSR count). The van der Waals surface area contributed by atoms with E-state index in [9.17, 15) is 0 Å². The van der Waals surface area contributed by atoms with Gasteiger partial charge in [-0.2, -0.15) is 0 Å². The van der Waals surface area contributed by atoms with Crippen LogP contribution in [0, 0.1) is 10.1 Å². The number of nitrogen functional groups attached to an aromatic ring is 1. The number of nitrogens with one attached hydrogen (secondary N) is 1. The van der Waals surface area contributed by atoms with E-state index < -0.39 is 5.09 Å². The molecule has 16 heavy (non-hydrogen) atoms. The topological polar surface area (TPSA) is 101 Å². The van der Waals surface area contributed by atoms with Crippen molar-refractivity contribution in [1.82, 2.24) is 0 Å². The summed E-state index contributed by atoms with van der Waals surface area (Å²) >= 11 is 22.9. The number of nitrogens with two attached hydrogens (primary N) is 1. The van der Waals surface area contributed by atoms with E-state index in [4.69, 9.17) is 67.6 Å². The Labute approximate surface area is 110 Å². The summed E-state index contributed by atoms with van der Waals surface area (Å²) in [5.41, 5.74) is 2.79. The molecule has 0 fully saturated rings. The second-order valence-corrected chi connectivity index (χ2v) is 3.77. The molecule has 6 nitrogen and oxygen atoms in total. The van der Waals surface area contributed by atoms with Crippen LogP contribution in [0.1, 0.15) is 0 Å². The molecular weight excluding hydrogens is 304 g/mol. The van der Waals surface area contributed by atoms with E-state index in [2.05, 4.69) is 5.43 Å². The van der Waals surface area contributed by atoms with Crippen molar-refractivity contribution in [3.63, 3.8) is 0 Å². The van der Waals surface area contributed by atoms with Gasteiger partial charge in [-0.1, -0.05) is 46.4 Å². The monoisotopic (exact) mass is 307 g/mol. The van der Waals surface area contributed by atoms with E-state index in [0.717, 1.165) is 0 Å². The molecule has 10 heteroatoms. The molecule has 0 aliphatic rings. The number of nitrogens with zero attached hydrogens (tertiary/aromatic N) is 1. The summed E-state index contributed by atoms with van der Waals surface area (Å²) in [6.07, 6.45) is 0. The summed E-state index contributed by atoms with van der Waals surface area (Å²) in [4.78, 5) is 8.36. The Morgan fingerprint density at radius 2 is 1.69 bits per heavy atom. The Balaban J connectivity index is 0.000000487. The quantitative estimate of drug-likeness (QED) is 0.243. The van der Waals surface area contributed by atoms with E-state index in [1.807, 2.05) is 0 Å². The van der Waals surface area contributed by atoms with Gasteiger partial charge >= 0.3 is 0 Å². The first-order chi connectivity index (χ1) is 7.31. The van der Waals surface area contributed by atoms with Crippen LogP contribution in [0.25, 0.3) is 0 Å². The molecule has 4 N–H and O–H groups in total. The van der Waals surface area contributed by atoms with Gasteiger partial charge in [-0.25, -0.2) is 0 Å². The molecule has 0 aliphatic carbocycles. The van der Waals surface area contributed by atoms with Crippen LogP contribution >= 0.6 is 46.4 Å². The number of hydrogen-bond acceptors (Lipinski definition) is 4. The van der Waals surface area contributed by atoms with E-state index in [0.29, 0.717) is 10.7 Å². The van der Waals surface area contributed by atoms with Crippen LogP contribution in [0.15, 0.2) is 6.07 Å². The van der Waals surface area contributed by atoms with Gasteiger partial charge in [0.2, 0.25) is 0 Å². The molecule has 0 saturated heterocycles. The van der Waals surface area contributed by atoms with Crippen molar-refractivity contribution >= 4 is 52.1 Å². The van der Waals surface area contributed by atoms with Gasteiger partial charge in [0.15, 0.2) is 0 Å². The molecule has 0 saturated carbocycles. The molecule has 0 amide bonds. The zero-order valence-electron chi connectivity index (χ0n) is 7.38. The number of rotatable bonds is 1. The van der Waals surface area contributed by atoms with Crippen molar-refractivity contribution in [2.75, 3.05) is 5.43 Å². The highest BCUT2D eigenvalue weighted by Crippen LogP contribution is 2.40. The maximum Gasteiger partial charge on any atom is 0.291 e. The van der Waals surface area contributed by atoms with E-state index in [-0.39, 0.29) is 15.1 Å². The largest absolute Gasteiger partial charge is 0.328 e. The fraction of sp³-hybridized carbons (Fsp3) is 0. The third-order valence-electron chi connectivity index (χ3n) is 1.26. The van der Waals surface area contributed by atoms with Gasteiger partial charge in [0.1, 0.15) is 0 Å². The second kappa shape index (κ2) is 6.82. The minimum absolute atomic E-state index is 0.193. The van der Waals surface area contributed by atoms with E-state index in [1.54, 1.807) is 0 Å². The van der Waals surface area contributed by atoms with Gasteiger partial charge in [-0.3, -0.25) is 5.84 Å². The molecule has 0 spiro atoms. The number of hydrazine groups is 1. The molecule has 0 radical (unpaired) electrons. The minimum Gasteiger partial charge on any atom is -0.328 e. The smallest absolute Gasteiger partial charge is 0.291 e. The van der Waals surface area contributed by atoms with Gasteiger partial charge in [-0.15, -0.1) is 10.1 Å². The molecule has 1 aromatic rings. The van der Waals surface area contributed by atoms with Crippen LogP contribution in [0.4, 0.5) is 5.69 Å². The third kappa shape index (κ3) is 4.46. The lowest BCUT2D eigenvalue weighted by Crippen LogP contribution is -2.07. The fourth-order valence-corrected chi connectivity index (χ4v) is 1.53. The summed E-state index contributed by atoms with van der Waals surface area (Å²) in [5.74, 6) is 5.14. The number of benzene rings is 1. The van der Waals surface area contributed by atoms with Gasteiger partial charge in [-0.05, 0) is 6.07 Å². The average Bonchev–Trinajstić information content (AvgIpc) is 2.19. The predicted molar refractivity (Wildman–Crippen MR) is 63.1 cm³/mol. The Morgan fingerprint density at radius 1 is 1.25 bits per heavy atom. The molecule has 1 aromatic carbocycles. The summed E-state index contributed by atoms with van der Waals surface area (Å²) in [6.45, 7) is 0. The van der Waals surface area contributed by atoms with Crippen LogP contribution in [-0.4, -0.2) is 10.3 Å². The van der Waals surface area contributed by atoms with E-state index >= 15 is 0 Å². The lowest BCUT2D eigenvalue weighted by Gasteiger charge is -2.07. The predicted octanol–water partition coefficient (Wildman–Crippen LogP) is 3.24. The second-order valence-electron chi connectivity index (χ2n) is 2.23. The van der Waals surface area contributed by atoms with Crippen molar-refractivity contribution in [2.45, 2.75) is 0 Å². The third-order valence-corrected chi connectivity index (χ3v) is 3.01. The molecule has 0 atom stereocenters. The Bertz CT molecular complexity index is 397. The molecule has 0 bridgehead atoms. The molecule has 0 heterocycles. The van der Waals surface area contributed by atoms with Crippen molar-refractivity contribution < 1.29 is 10.3 Å². The summed E-state index contributed by atoms with van der Waals surface area (Å²) < 4.78 is 0.